The number of nitrogens with two attached hydrogens (primary N) is 1. The highest BCUT2D eigenvalue weighted by molar-refractivity contribution is 5.90. The number of nitrogens with one attached hydrogen (secondary N) is 1. The van der Waals surface area contributed by atoms with Crippen LogP contribution in [-0.4, -0.2) is 31.6 Å². The molecule has 1 aromatic rings. The smallest absolute Gasteiger partial charge is 0.245 e. The highest BCUT2D eigenvalue weighted by Crippen LogP contribution is 2.32. The van der Waals surface area contributed by atoms with E-state index in [1.54, 1.807) is 7.11 Å². The number of hydrogen-bond donors (Lipinski definition) is 2. The van der Waals surface area contributed by atoms with E-state index in [9.17, 15) is 4.79 Å². The number of ether oxygens (including phenoxy) is 1. The molecule has 1 amide bonds. The number of nitrogens with zero attached hydrogens (tertiary/aromatic N) is 1. The lowest BCUT2D eigenvalue weighted by atomic mass is 9.96. The van der Waals surface area contributed by atoms with E-state index in [0.29, 0.717) is 13.1 Å². The summed E-state index contributed by atoms with van der Waals surface area (Å²) < 4.78 is 5.27. The van der Waals surface area contributed by atoms with Crippen molar-refractivity contribution in [3.8, 4) is 5.75 Å². The molecule has 1 fully saturated rings. The Kier molecular flexibility index (Phi) is 3.66. The first-order chi connectivity index (χ1) is 9.00. The number of anilines is 1. The van der Waals surface area contributed by atoms with E-state index in [4.69, 9.17) is 10.5 Å². The minimum atomic E-state index is -0.589. The number of carbonyl (C=O) groups is 1. The SMILES string of the molecule is COc1ccc(CN)c(N2CCNC(=O)C2(C)C)c1. The molecule has 5 heteroatoms. The molecule has 1 aromatic carbocycles. The van der Waals surface area contributed by atoms with Crippen LogP contribution in [0.1, 0.15) is 19.4 Å². The molecule has 0 bridgehead atoms. The van der Waals surface area contributed by atoms with Crippen LogP contribution in [-0.2, 0) is 11.3 Å². The summed E-state index contributed by atoms with van der Waals surface area (Å²) in [7, 11) is 1.63. The molecular formula is C14H21N3O2. The Bertz CT molecular complexity index is 486. The van der Waals surface area contributed by atoms with Crippen molar-refractivity contribution in [3.05, 3.63) is 23.8 Å². The van der Waals surface area contributed by atoms with Crippen molar-refractivity contribution in [3.63, 3.8) is 0 Å². The van der Waals surface area contributed by atoms with Crippen molar-refractivity contribution >= 4 is 11.6 Å². The molecule has 0 spiro atoms. The van der Waals surface area contributed by atoms with Crippen LogP contribution in [0.15, 0.2) is 18.2 Å². The lowest BCUT2D eigenvalue weighted by Crippen LogP contribution is -2.62. The van der Waals surface area contributed by atoms with Crippen LogP contribution in [0.4, 0.5) is 5.69 Å². The Labute approximate surface area is 113 Å². The maximum Gasteiger partial charge on any atom is 0.245 e. The van der Waals surface area contributed by atoms with Gasteiger partial charge in [0.25, 0.3) is 0 Å². The highest BCUT2D eigenvalue weighted by Gasteiger charge is 2.38. The van der Waals surface area contributed by atoms with Crippen molar-refractivity contribution in [2.45, 2.75) is 25.9 Å². The summed E-state index contributed by atoms with van der Waals surface area (Å²) in [6.45, 7) is 5.68. The van der Waals surface area contributed by atoms with E-state index in [2.05, 4.69) is 10.2 Å². The number of methoxy groups -OCH3 is 1. The number of carbonyl (C=O) groups excluding carboxylic acids is 1. The van der Waals surface area contributed by atoms with Crippen molar-refractivity contribution in [2.75, 3.05) is 25.1 Å². The van der Waals surface area contributed by atoms with Crippen LogP contribution in [0.2, 0.25) is 0 Å². The summed E-state index contributed by atoms with van der Waals surface area (Å²) in [6.07, 6.45) is 0. The molecule has 0 aromatic heterocycles. The fraction of sp³-hybridized carbons (Fsp3) is 0.500. The first-order valence-electron chi connectivity index (χ1n) is 6.43. The van der Waals surface area contributed by atoms with Gasteiger partial charge in [0.05, 0.1) is 7.11 Å². The first-order valence-corrected chi connectivity index (χ1v) is 6.43. The van der Waals surface area contributed by atoms with Crippen molar-refractivity contribution in [1.82, 2.24) is 5.32 Å². The average Bonchev–Trinajstić information content (AvgIpc) is 2.41. The molecule has 1 heterocycles. The van der Waals surface area contributed by atoms with E-state index in [-0.39, 0.29) is 5.91 Å². The largest absolute Gasteiger partial charge is 0.497 e. The monoisotopic (exact) mass is 263 g/mol. The van der Waals surface area contributed by atoms with Crippen LogP contribution < -0.4 is 20.7 Å². The quantitative estimate of drug-likeness (QED) is 0.849. The second kappa shape index (κ2) is 5.09. The predicted molar refractivity (Wildman–Crippen MR) is 75.3 cm³/mol. The standard InChI is InChI=1S/C14H21N3O2/c1-14(2)13(18)16-6-7-17(14)12-8-11(19-3)5-4-10(12)9-15/h4-5,8H,6-7,9,15H2,1-3H3,(H,16,18). The van der Waals surface area contributed by atoms with E-state index in [1.807, 2.05) is 32.0 Å². The zero-order valence-corrected chi connectivity index (χ0v) is 11.7. The van der Waals surface area contributed by atoms with Gasteiger partial charge in [-0.15, -0.1) is 0 Å². The van der Waals surface area contributed by atoms with Gasteiger partial charge in [0, 0.05) is 31.4 Å². The van der Waals surface area contributed by atoms with Crippen molar-refractivity contribution < 1.29 is 9.53 Å². The van der Waals surface area contributed by atoms with Crippen LogP contribution in [0.25, 0.3) is 0 Å². The Hall–Kier alpha value is -1.75. The van der Waals surface area contributed by atoms with E-state index < -0.39 is 5.54 Å². The summed E-state index contributed by atoms with van der Waals surface area (Å²) >= 11 is 0. The Balaban J connectivity index is 2.47. The normalized spacial score (nSPS) is 18.1. The summed E-state index contributed by atoms with van der Waals surface area (Å²) in [5, 5.41) is 2.89. The third kappa shape index (κ3) is 2.38. The molecule has 0 unspecified atom stereocenters. The molecule has 1 saturated heterocycles. The van der Waals surface area contributed by atoms with Gasteiger partial charge in [0.1, 0.15) is 11.3 Å². The van der Waals surface area contributed by atoms with Gasteiger partial charge < -0.3 is 20.7 Å². The molecule has 5 nitrogen and oxygen atoms in total. The second-order valence-electron chi connectivity index (χ2n) is 5.17. The van der Waals surface area contributed by atoms with Gasteiger partial charge in [-0.05, 0) is 25.5 Å². The molecule has 3 N–H and O–H groups in total. The molecule has 0 radical (unpaired) electrons. The van der Waals surface area contributed by atoms with Gasteiger partial charge in [0.15, 0.2) is 0 Å². The Morgan fingerprint density at radius 3 is 2.84 bits per heavy atom. The van der Waals surface area contributed by atoms with Gasteiger partial charge in [-0.3, -0.25) is 4.79 Å². The first kappa shape index (κ1) is 13.7. The lowest BCUT2D eigenvalue weighted by molar-refractivity contribution is -0.126. The molecule has 19 heavy (non-hydrogen) atoms. The fourth-order valence-electron chi connectivity index (χ4n) is 2.42. The number of piperazine rings is 1. The third-order valence-corrected chi connectivity index (χ3v) is 3.65. The minimum absolute atomic E-state index is 0.0320. The van der Waals surface area contributed by atoms with Gasteiger partial charge in [-0.1, -0.05) is 6.07 Å². The lowest BCUT2D eigenvalue weighted by Gasteiger charge is -2.43. The maximum atomic E-state index is 12.0. The fourth-order valence-corrected chi connectivity index (χ4v) is 2.42. The van der Waals surface area contributed by atoms with E-state index in [0.717, 1.165) is 23.5 Å². The van der Waals surface area contributed by atoms with Gasteiger partial charge in [0.2, 0.25) is 5.91 Å². The van der Waals surface area contributed by atoms with Gasteiger partial charge in [-0.2, -0.15) is 0 Å². The van der Waals surface area contributed by atoms with Crippen molar-refractivity contribution in [1.29, 1.82) is 0 Å². The molecule has 0 aliphatic carbocycles. The molecule has 1 aliphatic heterocycles. The minimum Gasteiger partial charge on any atom is -0.497 e. The highest BCUT2D eigenvalue weighted by atomic mass is 16.5. The number of amides is 1. The summed E-state index contributed by atoms with van der Waals surface area (Å²) in [4.78, 5) is 14.1. The second-order valence-corrected chi connectivity index (χ2v) is 5.17. The average molecular weight is 263 g/mol. The number of benzene rings is 1. The van der Waals surface area contributed by atoms with Crippen LogP contribution in [0.3, 0.4) is 0 Å². The molecule has 0 saturated carbocycles. The molecule has 0 atom stereocenters. The Morgan fingerprint density at radius 2 is 2.21 bits per heavy atom. The maximum absolute atomic E-state index is 12.0. The van der Waals surface area contributed by atoms with E-state index >= 15 is 0 Å². The molecule has 1 aliphatic rings. The summed E-state index contributed by atoms with van der Waals surface area (Å²) in [5.74, 6) is 0.804. The number of hydrogen-bond acceptors (Lipinski definition) is 4. The topological polar surface area (TPSA) is 67.6 Å². The Morgan fingerprint density at radius 1 is 1.47 bits per heavy atom. The molecule has 2 rings (SSSR count). The van der Waals surface area contributed by atoms with Crippen LogP contribution in [0.5, 0.6) is 5.75 Å². The zero-order valence-electron chi connectivity index (χ0n) is 11.7. The molecule has 104 valence electrons. The van der Waals surface area contributed by atoms with Gasteiger partial charge in [-0.25, -0.2) is 0 Å². The summed E-state index contributed by atoms with van der Waals surface area (Å²) in [6, 6.07) is 5.79. The van der Waals surface area contributed by atoms with Crippen LogP contribution >= 0.6 is 0 Å². The zero-order chi connectivity index (χ0) is 14.0. The third-order valence-electron chi connectivity index (χ3n) is 3.65. The van der Waals surface area contributed by atoms with Crippen LogP contribution in [0, 0.1) is 0 Å². The summed E-state index contributed by atoms with van der Waals surface area (Å²) in [5.41, 5.74) is 7.21. The number of rotatable bonds is 3. The van der Waals surface area contributed by atoms with Gasteiger partial charge >= 0.3 is 0 Å². The predicted octanol–water partition coefficient (Wildman–Crippen LogP) is 0.869. The van der Waals surface area contributed by atoms with E-state index in [1.165, 1.54) is 0 Å². The molecular weight excluding hydrogens is 242 g/mol. The van der Waals surface area contributed by atoms with Crippen molar-refractivity contribution in [2.24, 2.45) is 5.73 Å².